The summed E-state index contributed by atoms with van der Waals surface area (Å²) in [4.78, 5) is 1.83. The van der Waals surface area contributed by atoms with Crippen molar-refractivity contribution in [1.29, 1.82) is 5.26 Å². The van der Waals surface area contributed by atoms with Gasteiger partial charge in [-0.25, -0.2) is 0 Å². The smallest absolute Gasteiger partial charge is 0.123 e. The van der Waals surface area contributed by atoms with Gasteiger partial charge in [0.05, 0.1) is 5.56 Å². The maximum atomic E-state index is 9.92. The molecule has 0 aromatic heterocycles. The second kappa shape index (κ2) is 5.69. The first-order chi connectivity index (χ1) is 10.2. The zero-order valence-electron chi connectivity index (χ0n) is 10.9. The van der Waals surface area contributed by atoms with Crippen molar-refractivity contribution in [3.63, 3.8) is 0 Å². The zero-order chi connectivity index (χ0) is 14.8. The van der Waals surface area contributed by atoms with E-state index in [0.29, 0.717) is 10.6 Å². The topological polar surface area (TPSA) is 44.0 Å². The van der Waals surface area contributed by atoms with Crippen LogP contribution < -0.4 is 0 Å². The van der Waals surface area contributed by atoms with Gasteiger partial charge < -0.3 is 5.11 Å². The average molecular weight is 312 g/mol. The first-order valence-electron chi connectivity index (χ1n) is 6.27. The Hall–Kier alpha value is -2.15. The Morgan fingerprint density at radius 2 is 1.67 bits per heavy atom. The molecule has 0 bridgehead atoms. The summed E-state index contributed by atoms with van der Waals surface area (Å²) in [6.45, 7) is 0. The molecule has 0 unspecified atom stereocenters. The van der Waals surface area contributed by atoms with Gasteiger partial charge in [0.1, 0.15) is 11.8 Å². The van der Waals surface area contributed by atoms with Crippen molar-refractivity contribution in [3.05, 3.63) is 65.2 Å². The van der Waals surface area contributed by atoms with Crippen molar-refractivity contribution in [1.82, 2.24) is 0 Å². The third-order valence-corrected chi connectivity index (χ3v) is 4.53. The molecule has 3 rings (SSSR count). The first kappa shape index (κ1) is 13.8. The molecule has 4 heteroatoms. The fourth-order valence-corrected chi connectivity index (χ4v) is 3.33. The molecule has 2 nitrogen and oxygen atoms in total. The predicted molar refractivity (Wildman–Crippen MR) is 85.9 cm³/mol. The number of halogens is 1. The zero-order valence-corrected chi connectivity index (χ0v) is 12.4. The third-order valence-electron chi connectivity index (χ3n) is 3.14. The van der Waals surface area contributed by atoms with E-state index in [1.807, 2.05) is 36.4 Å². The van der Waals surface area contributed by atoms with Crippen molar-refractivity contribution < 1.29 is 5.11 Å². The number of hydrogen-bond acceptors (Lipinski definition) is 3. The normalized spacial score (nSPS) is 10.5. The standard InChI is InChI=1S/C17H10ClNOS/c18-12-5-7-16(11(9-12)10-19)21-17-8-6-15(20)13-3-1-2-4-14(13)17/h1-9,20H. The number of benzene rings is 3. The number of nitrogens with zero attached hydrogens (tertiary/aromatic N) is 1. The quantitative estimate of drug-likeness (QED) is 0.705. The van der Waals surface area contributed by atoms with Crippen molar-refractivity contribution in [2.24, 2.45) is 0 Å². The van der Waals surface area contributed by atoms with E-state index in [4.69, 9.17) is 11.6 Å². The summed E-state index contributed by atoms with van der Waals surface area (Å²) in [5, 5.41) is 21.4. The molecular weight excluding hydrogens is 302 g/mol. The molecule has 0 aliphatic carbocycles. The van der Waals surface area contributed by atoms with E-state index < -0.39 is 0 Å². The Labute approximate surface area is 131 Å². The second-order valence-electron chi connectivity index (χ2n) is 4.48. The Balaban J connectivity index is 2.11. The second-order valence-corrected chi connectivity index (χ2v) is 6.00. The molecule has 3 aromatic carbocycles. The van der Waals surface area contributed by atoms with Gasteiger partial charge in [-0.1, -0.05) is 47.6 Å². The van der Waals surface area contributed by atoms with Gasteiger partial charge in [0.25, 0.3) is 0 Å². The van der Waals surface area contributed by atoms with Crippen LogP contribution in [0.1, 0.15) is 5.56 Å². The largest absolute Gasteiger partial charge is 0.507 e. The number of nitriles is 1. The van der Waals surface area contributed by atoms with Crippen molar-refractivity contribution in [2.45, 2.75) is 9.79 Å². The van der Waals surface area contributed by atoms with Gasteiger partial charge in [0.15, 0.2) is 0 Å². The summed E-state index contributed by atoms with van der Waals surface area (Å²) < 4.78 is 0. The summed E-state index contributed by atoms with van der Waals surface area (Å²) in [6, 6.07) is 18.6. The molecule has 0 aliphatic heterocycles. The van der Waals surface area contributed by atoms with Crippen LogP contribution >= 0.6 is 23.4 Å². The van der Waals surface area contributed by atoms with Crippen LogP contribution in [0.2, 0.25) is 5.02 Å². The number of fused-ring (bicyclic) bond motifs is 1. The number of hydrogen-bond donors (Lipinski definition) is 1. The number of phenolic OH excluding ortho intramolecular Hbond substituents is 1. The highest BCUT2D eigenvalue weighted by Crippen LogP contribution is 2.38. The van der Waals surface area contributed by atoms with E-state index in [-0.39, 0.29) is 5.75 Å². The highest BCUT2D eigenvalue weighted by atomic mass is 35.5. The van der Waals surface area contributed by atoms with Crippen LogP contribution in [0.3, 0.4) is 0 Å². The molecule has 0 spiro atoms. The number of aromatic hydroxyl groups is 1. The van der Waals surface area contributed by atoms with Gasteiger partial charge in [-0.15, -0.1) is 0 Å². The molecule has 0 fully saturated rings. The van der Waals surface area contributed by atoms with Gasteiger partial charge in [-0.3, -0.25) is 0 Å². The van der Waals surface area contributed by atoms with E-state index in [9.17, 15) is 10.4 Å². The minimum Gasteiger partial charge on any atom is -0.507 e. The van der Waals surface area contributed by atoms with Crippen LogP contribution in [0.4, 0.5) is 0 Å². The lowest BCUT2D eigenvalue weighted by atomic mass is 10.1. The fraction of sp³-hybridized carbons (Fsp3) is 0. The molecule has 1 N–H and O–H groups in total. The van der Waals surface area contributed by atoms with E-state index in [0.717, 1.165) is 20.6 Å². The van der Waals surface area contributed by atoms with Gasteiger partial charge in [-0.05, 0) is 35.7 Å². The molecule has 0 aliphatic rings. The molecule has 0 amide bonds. The molecule has 0 radical (unpaired) electrons. The molecule has 3 aromatic rings. The summed E-state index contributed by atoms with van der Waals surface area (Å²) in [6.07, 6.45) is 0. The van der Waals surface area contributed by atoms with Crippen LogP contribution in [-0.2, 0) is 0 Å². The molecule has 0 heterocycles. The molecule has 102 valence electrons. The summed E-state index contributed by atoms with van der Waals surface area (Å²) in [7, 11) is 0. The monoisotopic (exact) mass is 311 g/mol. The van der Waals surface area contributed by atoms with Crippen LogP contribution in [0.15, 0.2) is 64.4 Å². The fourth-order valence-electron chi connectivity index (χ4n) is 2.14. The molecule has 21 heavy (non-hydrogen) atoms. The van der Waals surface area contributed by atoms with Crippen LogP contribution in [0.25, 0.3) is 10.8 Å². The minimum absolute atomic E-state index is 0.256. The Bertz CT molecular complexity index is 870. The molecule has 0 atom stereocenters. The minimum atomic E-state index is 0.256. The molecule has 0 saturated carbocycles. The van der Waals surface area contributed by atoms with E-state index in [1.165, 1.54) is 11.8 Å². The highest BCUT2D eigenvalue weighted by Gasteiger charge is 2.09. The Morgan fingerprint density at radius 1 is 0.952 bits per heavy atom. The van der Waals surface area contributed by atoms with E-state index >= 15 is 0 Å². The maximum absolute atomic E-state index is 9.92. The summed E-state index contributed by atoms with van der Waals surface area (Å²) in [5.41, 5.74) is 0.546. The lowest BCUT2D eigenvalue weighted by Gasteiger charge is -2.09. The molecule has 0 saturated heterocycles. The number of phenols is 1. The van der Waals surface area contributed by atoms with Crippen molar-refractivity contribution >= 4 is 34.1 Å². The van der Waals surface area contributed by atoms with Gasteiger partial charge in [-0.2, -0.15) is 5.26 Å². The predicted octanol–water partition coefficient (Wildman–Crippen LogP) is 5.22. The summed E-state index contributed by atoms with van der Waals surface area (Å²) >= 11 is 7.41. The average Bonchev–Trinajstić information content (AvgIpc) is 2.52. The number of rotatable bonds is 2. The maximum Gasteiger partial charge on any atom is 0.123 e. The Morgan fingerprint density at radius 3 is 2.43 bits per heavy atom. The molecular formula is C17H10ClNOS. The van der Waals surface area contributed by atoms with Gasteiger partial charge in [0, 0.05) is 20.2 Å². The van der Waals surface area contributed by atoms with Crippen molar-refractivity contribution in [3.8, 4) is 11.8 Å². The summed E-state index contributed by atoms with van der Waals surface area (Å²) in [5.74, 6) is 0.256. The highest BCUT2D eigenvalue weighted by molar-refractivity contribution is 7.99. The lowest BCUT2D eigenvalue weighted by Crippen LogP contribution is -1.83. The Kier molecular flexibility index (Phi) is 3.74. The van der Waals surface area contributed by atoms with Crippen LogP contribution in [0, 0.1) is 11.3 Å². The van der Waals surface area contributed by atoms with Crippen LogP contribution in [0.5, 0.6) is 5.75 Å². The first-order valence-corrected chi connectivity index (χ1v) is 7.46. The van der Waals surface area contributed by atoms with Gasteiger partial charge in [0.2, 0.25) is 0 Å². The van der Waals surface area contributed by atoms with Crippen LogP contribution in [-0.4, -0.2) is 5.11 Å². The lowest BCUT2D eigenvalue weighted by molar-refractivity contribution is 0.481. The third kappa shape index (κ3) is 2.69. The SMILES string of the molecule is N#Cc1cc(Cl)ccc1Sc1ccc(O)c2ccccc12. The van der Waals surface area contributed by atoms with Crippen molar-refractivity contribution in [2.75, 3.05) is 0 Å². The van der Waals surface area contributed by atoms with Gasteiger partial charge >= 0.3 is 0 Å². The van der Waals surface area contributed by atoms with E-state index in [1.54, 1.807) is 18.2 Å². The van der Waals surface area contributed by atoms with E-state index in [2.05, 4.69) is 6.07 Å².